The Hall–Kier alpha value is -2.48. The molecular formula is C14H14N2O3. The van der Waals surface area contributed by atoms with Crippen LogP contribution in [0.2, 0.25) is 0 Å². The number of benzene rings is 1. The number of para-hydroxylation sites is 1. The molecule has 0 bridgehead atoms. The van der Waals surface area contributed by atoms with Crippen molar-refractivity contribution in [3.8, 4) is 11.8 Å². The summed E-state index contributed by atoms with van der Waals surface area (Å²) in [6.45, 7) is 0.388. The third-order valence-corrected chi connectivity index (χ3v) is 2.73. The van der Waals surface area contributed by atoms with Gasteiger partial charge in [-0.3, -0.25) is 0 Å². The van der Waals surface area contributed by atoms with Crippen molar-refractivity contribution in [2.75, 3.05) is 13.7 Å². The molecule has 0 saturated carbocycles. The van der Waals surface area contributed by atoms with Gasteiger partial charge < -0.3 is 14.5 Å². The van der Waals surface area contributed by atoms with E-state index in [4.69, 9.17) is 14.7 Å². The summed E-state index contributed by atoms with van der Waals surface area (Å²) in [6, 6.07) is 9.54. The van der Waals surface area contributed by atoms with Crippen LogP contribution in [0, 0.1) is 11.3 Å². The zero-order valence-corrected chi connectivity index (χ0v) is 10.6. The quantitative estimate of drug-likeness (QED) is 0.660. The molecule has 2 aromatic rings. The second kappa shape index (κ2) is 5.91. The Labute approximate surface area is 110 Å². The molecule has 0 aliphatic carbocycles. The van der Waals surface area contributed by atoms with Crippen molar-refractivity contribution in [2.45, 2.75) is 12.8 Å². The normalized spacial score (nSPS) is 10.1. The fourth-order valence-corrected chi connectivity index (χ4v) is 1.84. The van der Waals surface area contributed by atoms with E-state index in [9.17, 15) is 4.79 Å². The number of carbonyl (C=O) groups is 1. The van der Waals surface area contributed by atoms with Crippen molar-refractivity contribution in [1.29, 1.82) is 5.26 Å². The smallest absolute Gasteiger partial charge is 0.358 e. The van der Waals surface area contributed by atoms with Crippen molar-refractivity contribution >= 4 is 16.9 Å². The lowest BCUT2D eigenvalue weighted by Crippen LogP contribution is -2.06. The summed E-state index contributed by atoms with van der Waals surface area (Å²) in [6.07, 6.45) is 1.05. The van der Waals surface area contributed by atoms with E-state index in [1.165, 1.54) is 7.11 Å². The van der Waals surface area contributed by atoms with Crippen LogP contribution < -0.4 is 4.74 Å². The van der Waals surface area contributed by atoms with Gasteiger partial charge in [-0.05, 0) is 18.6 Å². The van der Waals surface area contributed by atoms with Crippen LogP contribution in [0.5, 0.6) is 5.75 Å². The van der Waals surface area contributed by atoms with E-state index >= 15 is 0 Å². The number of ether oxygens (including phenoxy) is 2. The minimum atomic E-state index is -0.466. The van der Waals surface area contributed by atoms with E-state index in [2.05, 4.69) is 11.1 Å². The van der Waals surface area contributed by atoms with Gasteiger partial charge in [-0.1, -0.05) is 12.1 Å². The van der Waals surface area contributed by atoms with Gasteiger partial charge in [-0.15, -0.1) is 0 Å². The van der Waals surface area contributed by atoms with Gasteiger partial charge in [0.1, 0.15) is 0 Å². The zero-order chi connectivity index (χ0) is 13.7. The first-order valence-corrected chi connectivity index (χ1v) is 5.96. The summed E-state index contributed by atoms with van der Waals surface area (Å²) in [5, 5.41) is 9.32. The van der Waals surface area contributed by atoms with Crippen LogP contribution in [-0.4, -0.2) is 24.7 Å². The number of nitrogens with one attached hydrogen (secondary N) is 1. The molecule has 0 atom stereocenters. The first-order chi connectivity index (χ1) is 9.27. The predicted octanol–water partition coefficient (Wildman–Crippen LogP) is 2.64. The monoisotopic (exact) mass is 258 g/mol. The third-order valence-electron chi connectivity index (χ3n) is 2.73. The second-order valence-corrected chi connectivity index (χ2v) is 3.98. The fraction of sp³-hybridized carbons (Fsp3) is 0.286. The zero-order valence-electron chi connectivity index (χ0n) is 10.6. The Kier molecular flexibility index (Phi) is 4.04. The summed E-state index contributed by atoms with van der Waals surface area (Å²) in [7, 11) is 1.33. The lowest BCUT2D eigenvalue weighted by molar-refractivity contribution is 0.0590. The molecule has 0 saturated heterocycles. The second-order valence-electron chi connectivity index (χ2n) is 3.98. The van der Waals surface area contributed by atoms with Crippen molar-refractivity contribution in [1.82, 2.24) is 4.98 Å². The maximum absolute atomic E-state index is 11.7. The van der Waals surface area contributed by atoms with Crippen molar-refractivity contribution in [3.63, 3.8) is 0 Å². The molecule has 19 heavy (non-hydrogen) atoms. The molecule has 0 radical (unpaired) electrons. The Balaban J connectivity index is 2.32. The van der Waals surface area contributed by atoms with Crippen LogP contribution in [0.15, 0.2) is 24.3 Å². The SMILES string of the molecule is COC(=O)c1[nH]c2ccccc2c1OCCCC#N. The van der Waals surface area contributed by atoms with Gasteiger partial charge >= 0.3 is 5.97 Å². The van der Waals surface area contributed by atoms with Gasteiger partial charge in [-0.25, -0.2) is 4.79 Å². The van der Waals surface area contributed by atoms with Gasteiger partial charge in [-0.2, -0.15) is 5.26 Å². The number of unbranched alkanes of at least 4 members (excludes halogenated alkanes) is 1. The maximum atomic E-state index is 11.7. The Morgan fingerprint density at radius 3 is 2.95 bits per heavy atom. The molecule has 0 amide bonds. The first kappa shape index (κ1) is 13.0. The minimum absolute atomic E-state index is 0.306. The van der Waals surface area contributed by atoms with Crippen LogP contribution >= 0.6 is 0 Å². The van der Waals surface area contributed by atoms with Crippen molar-refractivity contribution in [3.05, 3.63) is 30.0 Å². The third kappa shape index (κ3) is 2.68. The minimum Gasteiger partial charge on any atom is -0.490 e. The number of H-pyrrole nitrogens is 1. The highest BCUT2D eigenvalue weighted by Gasteiger charge is 2.19. The number of fused-ring (bicyclic) bond motifs is 1. The van der Waals surface area contributed by atoms with E-state index in [1.54, 1.807) is 0 Å². The fourth-order valence-electron chi connectivity index (χ4n) is 1.84. The Morgan fingerprint density at radius 1 is 1.42 bits per heavy atom. The molecule has 0 aliphatic rings. The first-order valence-electron chi connectivity index (χ1n) is 5.96. The van der Waals surface area contributed by atoms with Gasteiger partial charge in [0.15, 0.2) is 11.4 Å². The van der Waals surface area contributed by atoms with Crippen LogP contribution in [0.3, 0.4) is 0 Å². The molecule has 1 N–H and O–H groups in total. The highest BCUT2D eigenvalue weighted by molar-refractivity contribution is 6.00. The number of aromatic amines is 1. The molecule has 0 spiro atoms. The van der Waals surface area contributed by atoms with Crippen LogP contribution in [0.25, 0.3) is 10.9 Å². The molecule has 2 rings (SSSR count). The molecule has 0 fully saturated rings. The Bertz CT molecular complexity index is 625. The number of aromatic nitrogens is 1. The van der Waals surface area contributed by atoms with Gasteiger partial charge in [0.2, 0.25) is 0 Å². The average Bonchev–Trinajstić information content (AvgIpc) is 2.81. The van der Waals surface area contributed by atoms with Crippen molar-refractivity contribution in [2.24, 2.45) is 0 Å². The average molecular weight is 258 g/mol. The summed E-state index contributed by atoms with van der Waals surface area (Å²) in [5.74, 6) is 0.0203. The maximum Gasteiger partial charge on any atom is 0.358 e. The number of carbonyl (C=O) groups excluding carboxylic acids is 1. The largest absolute Gasteiger partial charge is 0.490 e. The molecule has 1 heterocycles. The molecule has 1 aromatic heterocycles. The number of esters is 1. The Morgan fingerprint density at radius 2 is 2.21 bits per heavy atom. The number of hydrogen-bond acceptors (Lipinski definition) is 4. The topological polar surface area (TPSA) is 75.1 Å². The summed E-state index contributed by atoms with van der Waals surface area (Å²) in [5.41, 5.74) is 1.12. The number of nitrogens with zero attached hydrogens (tertiary/aromatic N) is 1. The lowest BCUT2D eigenvalue weighted by Gasteiger charge is -2.05. The van der Waals surface area contributed by atoms with E-state index in [-0.39, 0.29) is 0 Å². The van der Waals surface area contributed by atoms with E-state index in [1.807, 2.05) is 24.3 Å². The van der Waals surface area contributed by atoms with Gasteiger partial charge in [0.05, 0.1) is 19.8 Å². The van der Waals surface area contributed by atoms with Crippen molar-refractivity contribution < 1.29 is 14.3 Å². The molecule has 98 valence electrons. The summed E-state index contributed by atoms with van der Waals surface area (Å²) in [4.78, 5) is 14.7. The molecule has 0 unspecified atom stereocenters. The standard InChI is InChI=1S/C14H14N2O3/c1-18-14(17)12-13(19-9-5-4-8-15)10-6-2-3-7-11(10)16-12/h2-3,6-7,16H,4-5,9H2,1H3. The summed E-state index contributed by atoms with van der Waals surface area (Å²) < 4.78 is 10.4. The molecule has 5 nitrogen and oxygen atoms in total. The lowest BCUT2D eigenvalue weighted by atomic mass is 10.2. The van der Waals surface area contributed by atoms with Crippen LogP contribution in [0.1, 0.15) is 23.3 Å². The highest BCUT2D eigenvalue weighted by atomic mass is 16.5. The summed E-state index contributed by atoms with van der Waals surface area (Å²) >= 11 is 0. The molecule has 1 aromatic carbocycles. The molecule has 0 aliphatic heterocycles. The van der Waals surface area contributed by atoms with Crippen LogP contribution in [0.4, 0.5) is 0 Å². The number of hydrogen-bond donors (Lipinski definition) is 1. The number of methoxy groups -OCH3 is 1. The van der Waals surface area contributed by atoms with E-state index < -0.39 is 5.97 Å². The molecular weight excluding hydrogens is 244 g/mol. The predicted molar refractivity (Wildman–Crippen MR) is 70.0 cm³/mol. The van der Waals surface area contributed by atoms with Crippen LogP contribution in [-0.2, 0) is 4.74 Å². The molecule has 5 heteroatoms. The number of rotatable bonds is 5. The van der Waals surface area contributed by atoms with E-state index in [0.29, 0.717) is 30.9 Å². The van der Waals surface area contributed by atoms with Gasteiger partial charge in [0, 0.05) is 17.3 Å². The number of nitriles is 1. The van der Waals surface area contributed by atoms with Gasteiger partial charge in [0.25, 0.3) is 0 Å². The highest BCUT2D eigenvalue weighted by Crippen LogP contribution is 2.30. The van der Waals surface area contributed by atoms with E-state index in [0.717, 1.165) is 10.9 Å².